The summed E-state index contributed by atoms with van der Waals surface area (Å²) in [5.74, 6) is -87.7. The summed E-state index contributed by atoms with van der Waals surface area (Å²) in [6, 6.07) is 0. The van der Waals surface area contributed by atoms with Crippen LogP contribution in [0.3, 0.4) is 0 Å². The molecule has 0 aromatic carbocycles. The van der Waals surface area contributed by atoms with Gasteiger partial charge in [-0.3, -0.25) is 0 Å². The Morgan fingerprint density at radius 3 is 0.526 bits per heavy atom. The predicted octanol–water partition coefficient (Wildman–Crippen LogP) is 6.70. The molecular formula is C14H8F22O2. The Bertz CT molecular complexity index is 803. The lowest BCUT2D eigenvalue weighted by Gasteiger charge is -2.46. The summed E-state index contributed by atoms with van der Waals surface area (Å²) < 4.78 is 292. The number of rotatable bonds is 11. The lowest BCUT2D eigenvalue weighted by atomic mass is 9.83. The molecule has 0 saturated carbocycles. The second kappa shape index (κ2) is 8.44. The Balaban J connectivity index is 7.29. The van der Waals surface area contributed by atoms with Crippen LogP contribution in [0.5, 0.6) is 0 Å². The topological polar surface area (TPSA) is 40.5 Å². The van der Waals surface area contributed by atoms with Crippen LogP contribution in [0.1, 0.15) is 13.8 Å². The fourth-order valence-corrected chi connectivity index (χ4v) is 2.15. The highest BCUT2D eigenvalue weighted by Gasteiger charge is 2.99. The van der Waals surface area contributed by atoms with E-state index in [-0.39, 0.29) is 0 Å². The van der Waals surface area contributed by atoms with E-state index in [1.165, 1.54) is 0 Å². The van der Waals surface area contributed by atoms with Gasteiger partial charge in [-0.15, -0.1) is 0 Å². The van der Waals surface area contributed by atoms with Gasteiger partial charge in [0.25, 0.3) is 0 Å². The van der Waals surface area contributed by atoms with Gasteiger partial charge in [-0.1, -0.05) is 0 Å². The molecule has 0 radical (unpaired) electrons. The Morgan fingerprint density at radius 2 is 0.395 bits per heavy atom. The number of hydrogen-bond acceptors (Lipinski definition) is 2. The van der Waals surface area contributed by atoms with E-state index in [0.717, 1.165) is 0 Å². The van der Waals surface area contributed by atoms with Crippen LogP contribution in [-0.4, -0.2) is 81.1 Å². The average Bonchev–Trinajstić information content (AvgIpc) is 2.64. The fourth-order valence-electron chi connectivity index (χ4n) is 2.15. The minimum absolute atomic E-state index is 0.615. The Hall–Kier alpha value is -1.62. The maximum atomic E-state index is 13.6. The summed E-state index contributed by atoms with van der Waals surface area (Å²) in [7, 11) is 0. The van der Waals surface area contributed by atoms with E-state index >= 15 is 0 Å². The van der Waals surface area contributed by atoms with Gasteiger partial charge in [-0.05, 0) is 13.8 Å². The highest BCUT2D eigenvalue weighted by atomic mass is 19.4. The van der Waals surface area contributed by atoms with Gasteiger partial charge in [0.15, 0.2) is 0 Å². The summed E-state index contributed by atoms with van der Waals surface area (Å²) in [6.07, 6.45) is -7.60. The van der Waals surface area contributed by atoms with Crippen molar-refractivity contribution in [3.8, 4) is 0 Å². The minimum atomic E-state index is -9.39. The molecule has 38 heavy (non-hydrogen) atoms. The molecule has 0 bridgehead atoms. The van der Waals surface area contributed by atoms with E-state index in [1.54, 1.807) is 0 Å². The zero-order chi connectivity index (χ0) is 32.0. The molecule has 2 nitrogen and oxygen atoms in total. The first kappa shape index (κ1) is 36.4. The molecule has 0 aliphatic heterocycles. The highest BCUT2D eigenvalue weighted by Crippen LogP contribution is 2.67. The first-order valence-electron chi connectivity index (χ1n) is 8.35. The molecule has 0 rings (SSSR count). The highest BCUT2D eigenvalue weighted by molar-refractivity contribution is 5.19. The van der Waals surface area contributed by atoms with Crippen molar-refractivity contribution in [3.05, 3.63) is 0 Å². The van der Waals surface area contributed by atoms with Crippen LogP contribution >= 0.6 is 0 Å². The lowest BCUT2D eigenvalue weighted by Crippen LogP contribution is -2.78. The Kier molecular flexibility index (Phi) is 8.08. The van der Waals surface area contributed by atoms with Gasteiger partial charge in [0, 0.05) is 0 Å². The molecule has 0 fully saturated rings. The van der Waals surface area contributed by atoms with E-state index in [0.29, 0.717) is 0 Å². The Morgan fingerprint density at radius 1 is 0.263 bits per heavy atom. The summed E-state index contributed by atoms with van der Waals surface area (Å²) in [5.41, 5.74) is -4.67. The van der Waals surface area contributed by atoms with Gasteiger partial charge in [0.05, 0.1) is 0 Å². The number of hydrogen-bond donors (Lipinski definition) is 2. The number of alkyl halides is 22. The van der Waals surface area contributed by atoms with Crippen molar-refractivity contribution in [1.82, 2.24) is 0 Å². The van der Waals surface area contributed by atoms with Gasteiger partial charge in [0.2, 0.25) is 0 Å². The van der Waals surface area contributed by atoms with E-state index in [2.05, 4.69) is 0 Å². The van der Waals surface area contributed by atoms with Crippen LogP contribution in [0.25, 0.3) is 0 Å². The first-order valence-corrected chi connectivity index (χ1v) is 8.35. The molecule has 0 aliphatic rings. The van der Waals surface area contributed by atoms with Crippen LogP contribution in [0, 0.1) is 0 Å². The molecule has 0 amide bonds. The van der Waals surface area contributed by atoms with Crippen molar-refractivity contribution in [1.29, 1.82) is 0 Å². The monoisotopic (exact) mass is 626 g/mol. The third kappa shape index (κ3) is 4.04. The van der Waals surface area contributed by atoms with Crippen LogP contribution in [-0.2, 0) is 0 Å². The standard InChI is InChI=1S/C14H8F22O2/c1-3(2,37)4(15,16)5(17,18)6(19,20)7(21,22)8(23,24)9(25,26)10(27,28)11(29,30)12(31,32)13(33,34)14(35,36)38/h37-38H,1-2H3. The molecule has 0 aromatic heterocycles. The second-order valence-electron chi connectivity index (χ2n) is 7.84. The molecule has 2 N–H and O–H groups in total. The minimum Gasteiger partial charge on any atom is -0.384 e. The normalized spacial score (nSPS) is 17.2. The molecule has 0 saturated heterocycles. The van der Waals surface area contributed by atoms with E-state index < -0.39 is 84.8 Å². The van der Waals surface area contributed by atoms with Crippen LogP contribution in [0.2, 0.25) is 0 Å². The summed E-state index contributed by atoms with van der Waals surface area (Å²) in [5, 5.41) is 16.2. The number of aliphatic hydroxyl groups is 2. The van der Waals surface area contributed by atoms with Gasteiger partial charge in [0.1, 0.15) is 5.60 Å². The third-order valence-electron chi connectivity index (χ3n) is 4.70. The van der Waals surface area contributed by atoms with Crippen molar-refractivity contribution >= 4 is 0 Å². The largest absolute Gasteiger partial charge is 0.423 e. The van der Waals surface area contributed by atoms with Crippen LogP contribution in [0.15, 0.2) is 0 Å². The van der Waals surface area contributed by atoms with Crippen LogP contribution < -0.4 is 0 Å². The Labute approximate surface area is 193 Å². The zero-order valence-electron chi connectivity index (χ0n) is 17.2. The molecule has 0 spiro atoms. The van der Waals surface area contributed by atoms with Crippen LogP contribution in [0.4, 0.5) is 96.6 Å². The smallest absolute Gasteiger partial charge is 0.384 e. The van der Waals surface area contributed by atoms with E-state index in [1.807, 2.05) is 0 Å². The third-order valence-corrected chi connectivity index (χ3v) is 4.70. The lowest BCUT2D eigenvalue weighted by molar-refractivity contribution is -0.484. The van der Waals surface area contributed by atoms with Crippen molar-refractivity contribution < 1.29 is 107 Å². The molecule has 0 unspecified atom stereocenters. The van der Waals surface area contributed by atoms with Gasteiger partial charge < -0.3 is 10.2 Å². The maximum absolute atomic E-state index is 13.6. The van der Waals surface area contributed by atoms with Gasteiger partial charge in [-0.25, -0.2) is 0 Å². The molecule has 0 atom stereocenters. The van der Waals surface area contributed by atoms with Crippen molar-refractivity contribution in [3.63, 3.8) is 0 Å². The summed E-state index contributed by atoms with van der Waals surface area (Å²) >= 11 is 0. The van der Waals surface area contributed by atoms with Gasteiger partial charge >= 0.3 is 65.3 Å². The van der Waals surface area contributed by atoms with Crippen molar-refractivity contribution in [2.24, 2.45) is 0 Å². The zero-order valence-corrected chi connectivity index (χ0v) is 17.2. The maximum Gasteiger partial charge on any atom is 0.423 e. The van der Waals surface area contributed by atoms with Crippen molar-refractivity contribution in [2.75, 3.05) is 0 Å². The summed E-state index contributed by atoms with van der Waals surface area (Å²) in [6.45, 7) is -1.23. The molecule has 0 aliphatic carbocycles. The van der Waals surface area contributed by atoms with E-state index in [4.69, 9.17) is 10.2 Å². The molecule has 230 valence electrons. The second-order valence-corrected chi connectivity index (χ2v) is 7.84. The predicted molar refractivity (Wildman–Crippen MR) is 72.9 cm³/mol. The molecule has 0 heterocycles. The molecular weight excluding hydrogens is 618 g/mol. The SMILES string of the molecule is CC(C)(O)C(F)(F)C(F)(F)C(F)(F)C(F)(F)C(F)(F)C(F)(F)C(F)(F)C(F)(F)C(F)(F)C(F)(F)C(O)(F)F. The first-order chi connectivity index (χ1) is 15.8. The average molecular weight is 626 g/mol. The quantitative estimate of drug-likeness (QED) is 0.251. The molecule has 0 aromatic rings. The molecule has 24 heteroatoms. The van der Waals surface area contributed by atoms with Gasteiger partial charge in [-0.2, -0.15) is 96.6 Å². The number of halogens is 22. The van der Waals surface area contributed by atoms with Crippen molar-refractivity contribution in [2.45, 2.75) is 84.8 Å². The van der Waals surface area contributed by atoms with E-state index in [9.17, 15) is 96.6 Å². The summed E-state index contributed by atoms with van der Waals surface area (Å²) in [4.78, 5) is 0. The fraction of sp³-hybridized carbons (Fsp3) is 1.00.